The van der Waals surface area contributed by atoms with Gasteiger partial charge in [-0.3, -0.25) is 19.6 Å². The van der Waals surface area contributed by atoms with Crippen molar-refractivity contribution in [3.05, 3.63) is 58.1 Å². The third kappa shape index (κ3) is 5.60. The van der Waals surface area contributed by atoms with Crippen LogP contribution >= 0.6 is 0 Å². The highest BCUT2D eigenvalue weighted by Gasteiger charge is 2.30. The van der Waals surface area contributed by atoms with Crippen molar-refractivity contribution in [3.8, 4) is 5.75 Å². The van der Waals surface area contributed by atoms with Crippen LogP contribution in [0.15, 0.2) is 47.4 Å². The molecule has 0 amide bonds. The minimum Gasteiger partial charge on any atom is -0.478 e. The van der Waals surface area contributed by atoms with Crippen molar-refractivity contribution in [3.63, 3.8) is 0 Å². The molecule has 0 saturated carbocycles. The quantitative estimate of drug-likeness (QED) is 0.323. The first-order chi connectivity index (χ1) is 15.0. The Kier molecular flexibility index (Phi) is 6.81. The largest absolute Gasteiger partial charge is 0.478 e. The van der Waals surface area contributed by atoms with E-state index in [-0.39, 0.29) is 21.9 Å². The van der Waals surface area contributed by atoms with E-state index in [2.05, 4.69) is 4.72 Å². The summed E-state index contributed by atoms with van der Waals surface area (Å²) in [6.45, 7) is 0.195. The third-order valence-electron chi connectivity index (χ3n) is 4.70. The molecule has 0 spiro atoms. The molecule has 2 aromatic carbocycles. The van der Waals surface area contributed by atoms with E-state index in [1.807, 2.05) is 0 Å². The number of rotatable bonds is 9. The van der Waals surface area contributed by atoms with E-state index in [0.29, 0.717) is 13.1 Å². The minimum absolute atomic E-state index is 0.208. The van der Waals surface area contributed by atoms with E-state index in [1.54, 1.807) is 0 Å². The number of anilines is 1. The summed E-state index contributed by atoms with van der Waals surface area (Å²) < 4.78 is 56.6. The lowest BCUT2D eigenvalue weighted by molar-refractivity contribution is -0.386. The minimum atomic E-state index is -3.85. The van der Waals surface area contributed by atoms with Crippen molar-refractivity contribution in [2.24, 2.45) is 0 Å². The molecule has 172 valence electrons. The van der Waals surface area contributed by atoms with Gasteiger partial charge in [-0.15, -0.1) is 0 Å². The fraction of sp³-hybridized carbons (Fsp3) is 0.316. The lowest BCUT2D eigenvalue weighted by Gasteiger charge is -2.15. The number of nitrogens with one attached hydrogen (secondary N) is 1. The SMILES string of the molecule is CS(=O)(=O)Nc1ccc(C(=O)COc2ccc(S(=O)(=O)N3CCCC3)cc2[N+](=O)[O-])cc1. The standard InChI is InChI=1S/C19H21N3O8S2/c1-31(26,27)20-15-6-4-14(5-7-15)18(23)13-30-19-9-8-16(12-17(19)22(24)25)32(28,29)21-10-2-3-11-21/h4-9,12,20H,2-3,10-11,13H2,1H3. The van der Waals surface area contributed by atoms with Crippen LogP contribution in [0.2, 0.25) is 0 Å². The Balaban J connectivity index is 1.74. The molecule has 2 aromatic rings. The Morgan fingerprint density at radius 3 is 2.28 bits per heavy atom. The molecule has 1 aliphatic heterocycles. The first-order valence-corrected chi connectivity index (χ1v) is 12.8. The Morgan fingerprint density at radius 2 is 1.72 bits per heavy atom. The zero-order chi connectivity index (χ0) is 23.5. The molecule has 0 bridgehead atoms. The van der Waals surface area contributed by atoms with Gasteiger partial charge in [0.15, 0.2) is 18.1 Å². The molecule has 1 N–H and O–H groups in total. The van der Waals surface area contributed by atoms with Crippen LogP contribution in [0.5, 0.6) is 5.75 Å². The molecule has 1 aliphatic rings. The van der Waals surface area contributed by atoms with Crippen molar-refractivity contribution in [1.29, 1.82) is 0 Å². The normalized spacial score (nSPS) is 14.8. The van der Waals surface area contributed by atoms with E-state index < -0.39 is 43.0 Å². The predicted molar refractivity (Wildman–Crippen MR) is 116 cm³/mol. The fourth-order valence-corrected chi connectivity index (χ4v) is 5.27. The Hall–Kier alpha value is -3.03. The number of Topliss-reactive ketones (excluding diaryl/α,β-unsaturated/α-hetero) is 1. The summed E-state index contributed by atoms with van der Waals surface area (Å²) in [4.78, 5) is 22.8. The van der Waals surface area contributed by atoms with E-state index in [1.165, 1.54) is 34.6 Å². The molecular weight excluding hydrogens is 462 g/mol. The molecule has 0 aliphatic carbocycles. The van der Waals surface area contributed by atoms with Crippen LogP contribution in [0.25, 0.3) is 0 Å². The number of hydrogen-bond acceptors (Lipinski definition) is 8. The number of benzene rings is 2. The maximum absolute atomic E-state index is 12.7. The second kappa shape index (κ2) is 9.22. The summed E-state index contributed by atoms with van der Waals surface area (Å²) in [6, 6.07) is 8.88. The van der Waals surface area contributed by atoms with Crippen LogP contribution in [0.3, 0.4) is 0 Å². The topological polar surface area (TPSA) is 153 Å². The highest BCUT2D eigenvalue weighted by molar-refractivity contribution is 7.92. The summed E-state index contributed by atoms with van der Waals surface area (Å²) in [7, 11) is -7.30. The number of sulfonamides is 2. The van der Waals surface area contributed by atoms with E-state index in [0.717, 1.165) is 31.2 Å². The smallest absolute Gasteiger partial charge is 0.312 e. The maximum atomic E-state index is 12.7. The van der Waals surface area contributed by atoms with Crippen LogP contribution in [-0.4, -0.2) is 57.8 Å². The van der Waals surface area contributed by atoms with Crippen molar-refractivity contribution >= 4 is 37.2 Å². The van der Waals surface area contributed by atoms with Crippen molar-refractivity contribution in [1.82, 2.24) is 4.31 Å². The first kappa shape index (κ1) is 23.6. The molecule has 3 rings (SSSR count). The van der Waals surface area contributed by atoms with E-state index in [9.17, 15) is 31.7 Å². The zero-order valence-corrected chi connectivity index (χ0v) is 18.7. The highest BCUT2D eigenvalue weighted by Crippen LogP contribution is 2.32. The number of ether oxygens (including phenoxy) is 1. The Bertz CT molecular complexity index is 1240. The van der Waals surface area contributed by atoms with Gasteiger partial charge in [0.1, 0.15) is 0 Å². The Morgan fingerprint density at radius 1 is 1.09 bits per heavy atom. The van der Waals surface area contributed by atoms with Crippen LogP contribution in [0.4, 0.5) is 11.4 Å². The van der Waals surface area contributed by atoms with Gasteiger partial charge in [0.05, 0.1) is 16.1 Å². The lowest BCUT2D eigenvalue weighted by atomic mass is 10.1. The molecule has 0 unspecified atom stereocenters. The summed E-state index contributed by atoms with van der Waals surface area (Å²) in [6.07, 6.45) is 2.46. The molecule has 1 heterocycles. The van der Waals surface area contributed by atoms with E-state index in [4.69, 9.17) is 4.74 Å². The van der Waals surface area contributed by atoms with Crippen molar-refractivity contribution in [2.45, 2.75) is 17.7 Å². The van der Waals surface area contributed by atoms with Crippen molar-refractivity contribution < 1.29 is 31.3 Å². The first-order valence-electron chi connectivity index (χ1n) is 9.50. The average Bonchev–Trinajstić information content (AvgIpc) is 3.27. The van der Waals surface area contributed by atoms with Gasteiger partial charge < -0.3 is 4.74 Å². The third-order valence-corrected chi connectivity index (χ3v) is 7.20. The van der Waals surface area contributed by atoms with Gasteiger partial charge in [-0.25, -0.2) is 16.8 Å². The van der Waals surface area contributed by atoms with Crippen molar-refractivity contribution in [2.75, 3.05) is 30.7 Å². The Labute approximate surface area is 185 Å². The van der Waals surface area contributed by atoms with Crippen LogP contribution in [0, 0.1) is 10.1 Å². The average molecular weight is 484 g/mol. The zero-order valence-electron chi connectivity index (χ0n) is 17.1. The molecule has 13 heteroatoms. The van der Waals surface area contributed by atoms with Gasteiger partial charge in [0.25, 0.3) is 0 Å². The number of nitro benzene ring substituents is 1. The van der Waals surface area contributed by atoms with Gasteiger partial charge >= 0.3 is 5.69 Å². The molecule has 0 radical (unpaired) electrons. The molecule has 1 fully saturated rings. The number of carbonyl (C=O) groups excluding carboxylic acids is 1. The monoisotopic (exact) mass is 483 g/mol. The van der Waals surface area contributed by atoms with Crippen LogP contribution in [-0.2, 0) is 20.0 Å². The summed E-state index contributed by atoms with van der Waals surface area (Å²) in [5.41, 5.74) is -0.0823. The molecule has 1 saturated heterocycles. The molecule has 11 nitrogen and oxygen atoms in total. The van der Waals surface area contributed by atoms with Crippen LogP contribution in [0.1, 0.15) is 23.2 Å². The van der Waals surface area contributed by atoms with Gasteiger partial charge in [0.2, 0.25) is 20.0 Å². The number of nitrogens with zero attached hydrogens (tertiary/aromatic N) is 2. The van der Waals surface area contributed by atoms with Gasteiger partial charge in [-0.2, -0.15) is 4.31 Å². The lowest BCUT2D eigenvalue weighted by Crippen LogP contribution is -2.27. The highest BCUT2D eigenvalue weighted by atomic mass is 32.2. The molecule has 0 aromatic heterocycles. The molecule has 32 heavy (non-hydrogen) atoms. The summed E-state index contributed by atoms with van der Waals surface area (Å²) in [5.74, 6) is -0.738. The van der Waals surface area contributed by atoms with Crippen LogP contribution < -0.4 is 9.46 Å². The van der Waals surface area contributed by atoms with Gasteiger partial charge in [-0.1, -0.05) is 0 Å². The number of hydrogen-bond donors (Lipinski definition) is 1. The number of ketones is 1. The second-order valence-electron chi connectivity index (χ2n) is 7.16. The van der Waals surface area contributed by atoms with E-state index >= 15 is 0 Å². The maximum Gasteiger partial charge on any atom is 0.312 e. The summed E-state index contributed by atoms with van der Waals surface area (Å²) in [5, 5.41) is 11.5. The fourth-order valence-electron chi connectivity index (χ4n) is 3.16. The van der Waals surface area contributed by atoms with Gasteiger partial charge in [0, 0.05) is 30.4 Å². The molecular formula is C19H21N3O8S2. The number of carbonyl (C=O) groups is 1. The molecule has 0 atom stereocenters. The van der Waals surface area contributed by atoms with Gasteiger partial charge in [-0.05, 0) is 49.2 Å². The second-order valence-corrected chi connectivity index (χ2v) is 10.8. The number of nitro groups is 1. The summed E-state index contributed by atoms with van der Waals surface area (Å²) >= 11 is 0. The predicted octanol–water partition coefficient (Wildman–Crippen LogP) is 2.01.